The quantitative estimate of drug-likeness (QED) is 0.297. The number of hydrogen-bond acceptors (Lipinski definition) is 7. The van der Waals surface area contributed by atoms with Crippen molar-refractivity contribution in [2.24, 2.45) is 0 Å². The molecule has 2 aliphatic rings. The highest BCUT2D eigenvalue weighted by Gasteiger charge is 2.64. The molecule has 2 amide bonds. The van der Waals surface area contributed by atoms with Crippen LogP contribution in [-0.4, -0.2) is 44.5 Å². The van der Waals surface area contributed by atoms with E-state index in [4.69, 9.17) is 37.7 Å². The van der Waals surface area contributed by atoms with Crippen LogP contribution in [0.15, 0.2) is 48.7 Å². The summed E-state index contributed by atoms with van der Waals surface area (Å²) in [5.74, 6) is -0.274. The number of rotatable bonds is 6. The molecule has 0 radical (unpaired) electrons. The van der Waals surface area contributed by atoms with E-state index in [0.717, 1.165) is 0 Å². The lowest BCUT2D eigenvalue weighted by Crippen LogP contribution is -2.51. The molecule has 210 valence electrons. The standard InChI is InChI=1S/C29H26Cl2N6O4/c1-14(2)36-23-22(34-24(36)19-13-32-28(41-15(3)4)35-25(19)40-5)26(38)37(18-8-6-7-16(30)11-18)29(23)20-10-9-17(31)12-21(20)33-27(29)39/h6-15H,1-5H3,(H,33,39)/t29-/m0/s1. The fraction of sp³-hybridized carbons (Fsp3) is 0.276. The Morgan fingerprint density at radius 3 is 2.44 bits per heavy atom. The second kappa shape index (κ2) is 9.74. The normalized spacial score (nSPS) is 17.4. The van der Waals surface area contributed by atoms with Crippen LogP contribution >= 0.6 is 23.2 Å². The number of carbonyl (C=O) groups excluding carboxylic acids is 2. The number of nitrogens with one attached hydrogen (secondary N) is 1. The highest BCUT2D eigenvalue weighted by molar-refractivity contribution is 6.32. The van der Waals surface area contributed by atoms with Gasteiger partial charge in [-0.3, -0.25) is 14.5 Å². The molecule has 1 spiro atoms. The smallest absolute Gasteiger partial charge is 0.319 e. The molecular formula is C29H26Cl2N6O4. The van der Waals surface area contributed by atoms with Gasteiger partial charge < -0.3 is 19.4 Å². The Morgan fingerprint density at radius 1 is 1.00 bits per heavy atom. The number of benzene rings is 2. The van der Waals surface area contributed by atoms with E-state index in [-0.39, 0.29) is 29.7 Å². The van der Waals surface area contributed by atoms with Crippen molar-refractivity contribution in [3.63, 3.8) is 0 Å². The average molecular weight is 593 g/mol. The molecular weight excluding hydrogens is 567 g/mol. The van der Waals surface area contributed by atoms with Crippen LogP contribution in [0.1, 0.15) is 55.5 Å². The van der Waals surface area contributed by atoms with E-state index in [2.05, 4.69) is 15.3 Å². The maximum Gasteiger partial charge on any atom is 0.319 e. The lowest BCUT2D eigenvalue weighted by Gasteiger charge is -2.35. The Hall–Kier alpha value is -4.15. The molecule has 2 aromatic carbocycles. The summed E-state index contributed by atoms with van der Waals surface area (Å²) in [6.45, 7) is 7.64. The summed E-state index contributed by atoms with van der Waals surface area (Å²) in [6.07, 6.45) is 1.41. The highest BCUT2D eigenvalue weighted by Crippen LogP contribution is 2.54. The Balaban J connectivity index is 1.67. The van der Waals surface area contributed by atoms with Gasteiger partial charge in [0, 0.05) is 39.2 Å². The van der Waals surface area contributed by atoms with Crippen molar-refractivity contribution in [1.82, 2.24) is 19.5 Å². The number of carbonyl (C=O) groups is 2. The van der Waals surface area contributed by atoms with Crippen LogP contribution in [0.2, 0.25) is 10.0 Å². The van der Waals surface area contributed by atoms with Gasteiger partial charge in [0.2, 0.25) is 5.88 Å². The van der Waals surface area contributed by atoms with Gasteiger partial charge in [-0.2, -0.15) is 4.98 Å². The van der Waals surface area contributed by atoms with E-state index >= 15 is 0 Å². The van der Waals surface area contributed by atoms with Gasteiger partial charge in [-0.1, -0.05) is 35.3 Å². The van der Waals surface area contributed by atoms with Crippen molar-refractivity contribution in [1.29, 1.82) is 0 Å². The van der Waals surface area contributed by atoms with Gasteiger partial charge in [0.05, 0.1) is 24.5 Å². The third-order valence-corrected chi connectivity index (χ3v) is 7.50. The molecule has 0 aliphatic carbocycles. The van der Waals surface area contributed by atoms with E-state index in [1.165, 1.54) is 12.0 Å². The number of halogens is 2. The van der Waals surface area contributed by atoms with Crippen LogP contribution in [0.3, 0.4) is 0 Å². The van der Waals surface area contributed by atoms with Crippen molar-refractivity contribution in [2.45, 2.75) is 45.4 Å². The molecule has 2 aliphatic heterocycles. The lowest BCUT2D eigenvalue weighted by molar-refractivity contribution is -0.119. The van der Waals surface area contributed by atoms with Crippen molar-refractivity contribution < 1.29 is 19.1 Å². The SMILES string of the molecule is COc1nc(OC(C)C)ncc1-c1nc2c(n1C(C)C)[C@@]1(C(=O)Nc3cc(Cl)ccc31)N(c1cccc(Cl)c1)C2=O. The molecule has 0 fully saturated rings. The Bertz CT molecular complexity index is 1740. The number of amides is 2. The van der Waals surface area contributed by atoms with Crippen molar-refractivity contribution in [2.75, 3.05) is 17.3 Å². The molecule has 10 nitrogen and oxygen atoms in total. The minimum absolute atomic E-state index is 0.121. The molecule has 1 atom stereocenters. The zero-order valence-corrected chi connectivity index (χ0v) is 24.4. The first-order valence-electron chi connectivity index (χ1n) is 13.0. The van der Waals surface area contributed by atoms with Gasteiger partial charge in [0.1, 0.15) is 5.82 Å². The van der Waals surface area contributed by atoms with Crippen molar-refractivity contribution >= 4 is 46.4 Å². The number of ether oxygens (including phenoxy) is 2. The first-order valence-corrected chi connectivity index (χ1v) is 13.8. The number of nitrogens with zero attached hydrogens (tertiary/aromatic N) is 5. The van der Waals surface area contributed by atoms with E-state index in [9.17, 15) is 9.59 Å². The monoisotopic (exact) mass is 592 g/mol. The second-order valence-corrected chi connectivity index (χ2v) is 11.2. The van der Waals surface area contributed by atoms with Gasteiger partial charge in [-0.25, -0.2) is 9.97 Å². The van der Waals surface area contributed by atoms with Gasteiger partial charge in [-0.15, -0.1) is 0 Å². The Kier molecular flexibility index (Phi) is 6.43. The fourth-order valence-corrected chi connectivity index (χ4v) is 5.92. The number of imidazole rings is 1. The summed E-state index contributed by atoms with van der Waals surface area (Å²) in [5.41, 5.74) is 0.902. The van der Waals surface area contributed by atoms with Crippen molar-refractivity contribution in [3.8, 4) is 23.3 Å². The zero-order valence-electron chi connectivity index (χ0n) is 22.9. The number of anilines is 2. The Morgan fingerprint density at radius 2 is 1.76 bits per heavy atom. The minimum atomic E-state index is -1.60. The predicted octanol–water partition coefficient (Wildman–Crippen LogP) is 5.88. The van der Waals surface area contributed by atoms with E-state index in [0.29, 0.717) is 44.1 Å². The van der Waals surface area contributed by atoms with Crippen LogP contribution in [0.4, 0.5) is 11.4 Å². The molecule has 0 bridgehead atoms. The molecule has 4 aromatic rings. The van der Waals surface area contributed by atoms with Crippen LogP contribution in [0, 0.1) is 0 Å². The van der Waals surface area contributed by atoms with Crippen LogP contribution in [0.25, 0.3) is 11.4 Å². The van der Waals surface area contributed by atoms with Crippen molar-refractivity contribution in [3.05, 3.63) is 75.7 Å². The molecule has 0 unspecified atom stereocenters. The molecule has 1 N–H and O–H groups in total. The number of aromatic nitrogens is 4. The molecule has 4 heterocycles. The Labute approximate surface area is 246 Å². The molecule has 0 saturated heterocycles. The molecule has 12 heteroatoms. The molecule has 41 heavy (non-hydrogen) atoms. The first kappa shape index (κ1) is 27.0. The van der Waals surface area contributed by atoms with E-state index in [1.807, 2.05) is 32.3 Å². The van der Waals surface area contributed by atoms with Crippen LogP contribution in [0.5, 0.6) is 11.9 Å². The summed E-state index contributed by atoms with van der Waals surface area (Å²) >= 11 is 12.7. The lowest BCUT2D eigenvalue weighted by atomic mass is 9.87. The van der Waals surface area contributed by atoms with Gasteiger partial charge >= 0.3 is 6.01 Å². The highest BCUT2D eigenvalue weighted by atomic mass is 35.5. The second-order valence-electron chi connectivity index (χ2n) is 10.3. The number of methoxy groups -OCH3 is 1. The summed E-state index contributed by atoms with van der Waals surface area (Å²) < 4.78 is 13.1. The summed E-state index contributed by atoms with van der Waals surface area (Å²) in [7, 11) is 1.49. The van der Waals surface area contributed by atoms with Gasteiger partial charge in [0.25, 0.3) is 11.8 Å². The number of fused-ring (bicyclic) bond motifs is 4. The molecule has 0 saturated carbocycles. The minimum Gasteiger partial charge on any atom is -0.480 e. The van der Waals surface area contributed by atoms with E-state index in [1.54, 1.807) is 48.7 Å². The van der Waals surface area contributed by atoms with Crippen LogP contribution in [-0.2, 0) is 10.3 Å². The third-order valence-electron chi connectivity index (χ3n) is 7.03. The topological polar surface area (TPSA) is 111 Å². The van der Waals surface area contributed by atoms with Gasteiger partial charge in [0.15, 0.2) is 11.2 Å². The van der Waals surface area contributed by atoms with Gasteiger partial charge in [-0.05, 0) is 58.0 Å². The van der Waals surface area contributed by atoms with Crippen LogP contribution < -0.4 is 19.7 Å². The summed E-state index contributed by atoms with van der Waals surface area (Å²) in [4.78, 5) is 43.7. The summed E-state index contributed by atoms with van der Waals surface area (Å²) in [5, 5.41) is 3.82. The molecule has 6 rings (SSSR count). The predicted molar refractivity (Wildman–Crippen MR) is 155 cm³/mol. The summed E-state index contributed by atoms with van der Waals surface area (Å²) in [6, 6.07) is 11.9. The largest absolute Gasteiger partial charge is 0.480 e. The fourth-order valence-electron chi connectivity index (χ4n) is 5.57. The maximum atomic E-state index is 14.4. The number of hydrogen-bond donors (Lipinski definition) is 1. The zero-order chi connectivity index (χ0) is 29.2. The first-order chi connectivity index (χ1) is 19.6. The molecule has 2 aromatic heterocycles. The maximum absolute atomic E-state index is 14.4. The third kappa shape index (κ3) is 3.96. The average Bonchev–Trinajstić information content (AvgIpc) is 3.52. The van der Waals surface area contributed by atoms with E-state index < -0.39 is 17.4 Å².